The van der Waals surface area contributed by atoms with Crippen molar-refractivity contribution in [2.24, 2.45) is 0 Å². The van der Waals surface area contributed by atoms with Gasteiger partial charge in [-0.1, -0.05) is 12.1 Å². The fraction of sp³-hybridized carbons (Fsp3) is 0.455. The monoisotopic (exact) mass is 358 g/mol. The fourth-order valence-corrected chi connectivity index (χ4v) is 3.44. The van der Waals surface area contributed by atoms with Crippen molar-refractivity contribution in [3.8, 4) is 0 Å². The Hall–Kier alpha value is 0.636. The molecule has 0 spiro atoms. The second-order valence-corrected chi connectivity index (χ2v) is 7.87. The molecule has 0 saturated carbocycles. The van der Waals surface area contributed by atoms with Crippen molar-refractivity contribution < 1.29 is 72.8 Å². The third kappa shape index (κ3) is 6.33. The Balaban J connectivity index is 0.00000220. The van der Waals surface area contributed by atoms with Crippen LogP contribution in [0.25, 0.3) is 0 Å². The molecule has 1 fully saturated rings. The average molecular weight is 358 g/mol. The largest absolute Gasteiger partial charge is 1.00 e. The molecular weight excluding hydrogens is 343 g/mol. The molecule has 1 aliphatic rings. The molecule has 1 aromatic carbocycles. The van der Waals surface area contributed by atoms with Gasteiger partial charge in [0, 0.05) is 13.1 Å². The van der Waals surface area contributed by atoms with Gasteiger partial charge >= 0.3 is 51.4 Å². The fourth-order valence-electron chi connectivity index (χ4n) is 1.79. The van der Waals surface area contributed by atoms with Crippen molar-refractivity contribution >= 4 is 20.1 Å². The normalized spacial score (nSPS) is 19.8. The first-order valence-electron chi connectivity index (χ1n) is 6.02. The first-order chi connectivity index (χ1) is 9.29. The van der Waals surface area contributed by atoms with Crippen LogP contribution in [0.2, 0.25) is 0 Å². The summed E-state index contributed by atoms with van der Waals surface area (Å²) in [6.45, 7) is 1.53. The Labute approximate surface area is 167 Å². The summed E-state index contributed by atoms with van der Waals surface area (Å²) >= 11 is 0. The summed E-state index contributed by atoms with van der Waals surface area (Å²) in [6, 6.07) is 5.84. The van der Waals surface area contributed by atoms with E-state index >= 15 is 0 Å². The van der Waals surface area contributed by atoms with Crippen molar-refractivity contribution in [3.63, 3.8) is 0 Å². The van der Waals surface area contributed by atoms with Crippen LogP contribution < -0.4 is 56.7 Å². The maximum Gasteiger partial charge on any atom is 1.00 e. The van der Waals surface area contributed by atoms with Gasteiger partial charge in [0.05, 0.1) is 4.90 Å². The molecule has 7 nitrogen and oxygen atoms in total. The maximum absolute atomic E-state index is 10.9. The number of hydrogen-bond acceptors (Lipinski definition) is 6. The van der Waals surface area contributed by atoms with E-state index in [1.165, 1.54) is 22.5 Å². The summed E-state index contributed by atoms with van der Waals surface area (Å²) in [6.07, 6.45) is 0.679. The summed E-state index contributed by atoms with van der Waals surface area (Å²) < 4.78 is 55.8. The predicted molar refractivity (Wildman–Crippen MR) is 71.2 cm³/mol. The third-order valence-electron chi connectivity index (χ3n) is 2.91. The Kier molecular flexibility index (Phi) is 7.45. The van der Waals surface area contributed by atoms with Crippen LogP contribution >= 0.6 is 0 Å². The topological polar surface area (TPSA) is 106 Å². The molecule has 10 heteroatoms. The molecule has 0 aliphatic carbocycles. The van der Waals surface area contributed by atoms with E-state index in [1.54, 1.807) is 6.07 Å². The molecule has 0 amide bonds. The third-order valence-corrected chi connectivity index (χ3v) is 5.17. The molecule has 1 N–H and O–H groups in total. The summed E-state index contributed by atoms with van der Waals surface area (Å²) in [4.78, 5) is -0.244. The second kappa shape index (κ2) is 7.95. The molecule has 2 rings (SSSR count). The summed E-state index contributed by atoms with van der Waals surface area (Å²) in [5, 5.41) is 3.07. The molecule has 112 valence electrons. The van der Waals surface area contributed by atoms with E-state index in [0.29, 0.717) is 31.6 Å². The van der Waals surface area contributed by atoms with Crippen molar-refractivity contribution in [1.29, 1.82) is 0 Å². The summed E-state index contributed by atoms with van der Waals surface area (Å²) in [5.41, 5.74) is 0.696. The van der Waals surface area contributed by atoms with Gasteiger partial charge in [0.2, 0.25) is 10.0 Å². The molecular formula is C11H15KN2O5S2. The Bertz CT molecular complexity index is 690. The van der Waals surface area contributed by atoms with Crippen molar-refractivity contribution in [2.45, 2.75) is 17.9 Å². The van der Waals surface area contributed by atoms with Crippen LogP contribution in [-0.4, -0.2) is 44.7 Å². The van der Waals surface area contributed by atoms with E-state index in [-0.39, 0.29) is 62.2 Å². The Morgan fingerprint density at radius 3 is 2.57 bits per heavy atom. The zero-order valence-electron chi connectivity index (χ0n) is 11.6. The number of rotatable bonds is 7. The van der Waals surface area contributed by atoms with Crippen LogP contribution in [0.5, 0.6) is 0 Å². The molecule has 1 unspecified atom stereocenters. The minimum atomic E-state index is -4.43. The van der Waals surface area contributed by atoms with Gasteiger partial charge in [0.15, 0.2) is 0 Å². The smallest absolute Gasteiger partial charge is 0.744 e. The first kappa shape index (κ1) is 19.7. The summed E-state index contributed by atoms with van der Waals surface area (Å²) in [5.74, 6) is 0.135. The van der Waals surface area contributed by atoms with E-state index in [2.05, 4.69) is 5.32 Å². The minimum Gasteiger partial charge on any atom is -0.744 e. The second-order valence-electron chi connectivity index (χ2n) is 4.55. The van der Waals surface area contributed by atoms with Gasteiger partial charge in [-0.25, -0.2) is 16.8 Å². The Morgan fingerprint density at radius 1 is 1.33 bits per heavy atom. The summed E-state index contributed by atoms with van der Waals surface area (Å²) in [7, 11) is -7.34. The van der Waals surface area contributed by atoms with E-state index < -0.39 is 20.1 Å². The van der Waals surface area contributed by atoms with Gasteiger partial charge in [0.25, 0.3) is 0 Å². The Morgan fingerprint density at radius 2 is 2.00 bits per heavy atom. The number of benzene rings is 1. The number of hydrogen-bond donors (Lipinski definition) is 1. The number of nitrogens with zero attached hydrogens (tertiary/aromatic N) is 1. The molecule has 0 radical (unpaired) electrons. The molecule has 1 aromatic rings. The van der Waals surface area contributed by atoms with Gasteiger partial charge in [0.1, 0.15) is 16.0 Å². The van der Waals surface area contributed by atoms with Crippen LogP contribution in [-0.2, 0) is 26.7 Å². The van der Waals surface area contributed by atoms with Crippen LogP contribution in [0.1, 0.15) is 12.0 Å². The zero-order valence-corrected chi connectivity index (χ0v) is 16.4. The SMILES string of the molecule is O=S(=O)([O-])c1cccc(CNCCCN2CS2(=O)=O)c1.[K+]. The minimum absolute atomic E-state index is 0. The van der Waals surface area contributed by atoms with E-state index in [1.807, 2.05) is 0 Å². The number of sulfonamides is 1. The van der Waals surface area contributed by atoms with E-state index in [4.69, 9.17) is 0 Å². The zero-order chi connectivity index (χ0) is 14.8. The van der Waals surface area contributed by atoms with Crippen LogP contribution in [0.15, 0.2) is 29.2 Å². The predicted octanol–water partition coefficient (Wildman–Crippen LogP) is -3.32. The van der Waals surface area contributed by atoms with Gasteiger partial charge in [-0.2, -0.15) is 4.31 Å². The molecule has 0 bridgehead atoms. The van der Waals surface area contributed by atoms with Crippen LogP contribution in [0, 0.1) is 0 Å². The van der Waals surface area contributed by atoms with Crippen molar-refractivity contribution in [2.75, 3.05) is 19.0 Å². The van der Waals surface area contributed by atoms with E-state index in [9.17, 15) is 21.4 Å². The standard InChI is InChI=1S/C11H16N2O5S2.K/c14-19(15)9-13(19)6-2-5-12-8-10-3-1-4-11(7-10)20(16,17)18;/h1,3-4,7,12H,2,5-6,8-9H2,(H,16,17,18);/q;+1/p-1. The molecule has 0 aromatic heterocycles. The molecule has 1 heterocycles. The van der Waals surface area contributed by atoms with E-state index in [0.717, 1.165) is 0 Å². The van der Waals surface area contributed by atoms with Crippen LogP contribution in [0.4, 0.5) is 0 Å². The van der Waals surface area contributed by atoms with Crippen LogP contribution in [0.3, 0.4) is 0 Å². The molecule has 1 saturated heterocycles. The maximum atomic E-state index is 10.9. The van der Waals surface area contributed by atoms with Gasteiger partial charge < -0.3 is 9.87 Å². The van der Waals surface area contributed by atoms with Crippen molar-refractivity contribution in [3.05, 3.63) is 29.8 Å². The van der Waals surface area contributed by atoms with Gasteiger partial charge in [-0.15, -0.1) is 0 Å². The quantitative estimate of drug-likeness (QED) is 0.237. The van der Waals surface area contributed by atoms with Gasteiger partial charge in [-0.05, 0) is 30.7 Å². The van der Waals surface area contributed by atoms with Crippen molar-refractivity contribution in [1.82, 2.24) is 9.62 Å². The first-order valence-corrected chi connectivity index (χ1v) is 9.04. The molecule has 21 heavy (non-hydrogen) atoms. The average Bonchev–Trinajstić information content (AvgIpc) is 2.96. The molecule has 1 aliphatic heterocycles. The molecule has 1 atom stereocenters. The number of nitrogens with one attached hydrogen (secondary N) is 1. The van der Waals surface area contributed by atoms with Gasteiger partial charge in [-0.3, -0.25) is 0 Å².